The largest absolute Gasteiger partial charge is 0.497 e. The smallest absolute Gasteiger partial charge is 0.270 e. The van der Waals surface area contributed by atoms with Crippen LogP contribution in [0.15, 0.2) is 60.8 Å². The van der Waals surface area contributed by atoms with Crippen molar-refractivity contribution < 1.29 is 9.53 Å². The SMILES string of the molecule is COc1cccc(CCNC(=O)c2ccnc(Nc3cccc(Cl)c3)n2)c1. The normalized spacial score (nSPS) is 10.3. The minimum Gasteiger partial charge on any atom is -0.497 e. The number of halogens is 1. The van der Waals surface area contributed by atoms with Crippen molar-refractivity contribution >= 4 is 29.1 Å². The number of carbonyl (C=O) groups excluding carboxylic acids is 1. The van der Waals surface area contributed by atoms with Gasteiger partial charge in [0.2, 0.25) is 5.95 Å². The number of aromatic nitrogens is 2. The van der Waals surface area contributed by atoms with Crippen molar-refractivity contribution in [3.8, 4) is 5.75 Å². The molecular weight excluding hydrogens is 364 g/mol. The topological polar surface area (TPSA) is 76.1 Å². The summed E-state index contributed by atoms with van der Waals surface area (Å²) in [5.41, 5.74) is 2.12. The molecule has 3 rings (SSSR count). The Morgan fingerprint density at radius 1 is 1.15 bits per heavy atom. The van der Waals surface area contributed by atoms with Gasteiger partial charge in [-0.2, -0.15) is 0 Å². The molecule has 0 radical (unpaired) electrons. The minimum absolute atomic E-state index is 0.255. The van der Waals surface area contributed by atoms with E-state index >= 15 is 0 Å². The average Bonchev–Trinajstić information content (AvgIpc) is 2.68. The van der Waals surface area contributed by atoms with Crippen LogP contribution in [0.3, 0.4) is 0 Å². The second-order valence-electron chi connectivity index (χ2n) is 5.76. The van der Waals surface area contributed by atoms with Crippen LogP contribution in [0.25, 0.3) is 0 Å². The second kappa shape index (κ2) is 9.00. The van der Waals surface area contributed by atoms with Gasteiger partial charge in [0, 0.05) is 23.5 Å². The van der Waals surface area contributed by atoms with Gasteiger partial charge in [-0.1, -0.05) is 29.8 Å². The van der Waals surface area contributed by atoms with Crippen LogP contribution in [-0.2, 0) is 6.42 Å². The minimum atomic E-state index is -0.255. The van der Waals surface area contributed by atoms with Crippen molar-refractivity contribution in [1.82, 2.24) is 15.3 Å². The third-order valence-electron chi connectivity index (χ3n) is 3.80. The highest BCUT2D eigenvalue weighted by Crippen LogP contribution is 2.18. The number of rotatable bonds is 7. The number of hydrogen-bond acceptors (Lipinski definition) is 5. The maximum absolute atomic E-state index is 12.3. The second-order valence-corrected chi connectivity index (χ2v) is 6.19. The van der Waals surface area contributed by atoms with Crippen molar-refractivity contribution in [2.75, 3.05) is 19.0 Å². The maximum atomic E-state index is 12.3. The first-order chi connectivity index (χ1) is 13.1. The third kappa shape index (κ3) is 5.43. The Balaban J connectivity index is 1.58. The fraction of sp³-hybridized carbons (Fsp3) is 0.150. The number of nitrogens with one attached hydrogen (secondary N) is 2. The zero-order valence-electron chi connectivity index (χ0n) is 14.8. The molecule has 6 nitrogen and oxygen atoms in total. The maximum Gasteiger partial charge on any atom is 0.270 e. The number of nitrogens with zero attached hydrogens (tertiary/aromatic N) is 2. The number of benzene rings is 2. The molecule has 2 aromatic carbocycles. The summed E-state index contributed by atoms with van der Waals surface area (Å²) in [7, 11) is 1.63. The van der Waals surface area contributed by atoms with Gasteiger partial charge in [-0.3, -0.25) is 4.79 Å². The summed E-state index contributed by atoms with van der Waals surface area (Å²) in [5.74, 6) is 0.874. The van der Waals surface area contributed by atoms with Crippen LogP contribution in [0.1, 0.15) is 16.1 Å². The summed E-state index contributed by atoms with van der Waals surface area (Å²) in [6.07, 6.45) is 2.23. The third-order valence-corrected chi connectivity index (χ3v) is 4.04. The lowest BCUT2D eigenvalue weighted by Crippen LogP contribution is -2.26. The summed E-state index contributed by atoms with van der Waals surface area (Å²) in [6.45, 7) is 0.493. The zero-order valence-corrected chi connectivity index (χ0v) is 15.5. The molecule has 0 saturated carbocycles. The molecule has 0 aliphatic heterocycles. The molecular formula is C20H19ClN4O2. The molecule has 0 atom stereocenters. The van der Waals surface area contributed by atoms with Gasteiger partial charge in [-0.05, 0) is 48.4 Å². The molecule has 0 saturated heterocycles. The number of methoxy groups -OCH3 is 1. The molecule has 3 aromatic rings. The van der Waals surface area contributed by atoms with Gasteiger partial charge in [-0.25, -0.2) is 9.97 Å². The fourth-order valence-corrected chi connectivity index (χ4v) is 2.67. The van der Waals surface area contributed by atoms with Crippen LogP contribution in [0.5, 0.6) is 5.75 Å². The number of anilines is 2. The van der Waals surface area contributed by atoms with Crippen molar-refractivity contribution in [3.63, 3.8) is 0 Å². The summed E-state index contributed by atoms with van der Waals surface area (Å²) < 4.78 is 5.20. The molecule has 0 spiro atoms. The first-order valence-electron chi connectivity index (χ1n) is 8.41. The highest BCUT2D eigenvalue weighted by atomic mass is 35.5. The van der Waals surface area contributed by atoms with E-state index in [4.69, 9.17) is 16.3 Å². The molecule has 7 heteroatoms. The summed E-state index contributed by atoms with van der Waals surface area (Å²) in [6, 6.07) is 16.5. The van der Waals surface area contributed by atoms with E-state index in [9.17, 15) is 4.79 Å². The van der Waals surface area contributed by atoms with Gasteiger partial charge in [0.15, 0.2) is 0 Å². The fourth-order valence-electron chi connectivity index (χ4n) is 2.48. The molecule has 0 fully saturated rings. The van der Waals surface area contributed by atoms with Crippen LogP contribution in [0.2, 0.25) is 5.02 Å². The van der Waals surface area contributed by atoms with Crippen LogP contribution < -0.4 is 15.4 Å². The average molecular weight is 383 g/mol. The zero-order chi connectivity index (χ0) is 19.1. The van der Waals surface area contributed by atoms with E-state index in [1.807, 2.05) is 36.4 Å². The van der Waals surface area contributed by atoms with E-state index in [-0.39, 0.29) is 5.91 Å². The molecule has 0 aliphatic carbocycles. The molecule has 2 N–H and O–H groups in total. The van der Waals surface area contributed by atoms with Gasteiger partial charge < -0.3 is 15.4 Å². The number of amides is 1. The number of hydrogen-bond donors (Lipinski definition) is 2. The van der Waals surface area contributed by atoms with Crippen LogP contribution >= 0.6 is 11.6 Å². The first kappa shape index (κ1) is 18.7. The molecule has 0 bridgehead atoms. The standard InChI is InChI=1S/C20H19ClN4O2/c1-27-17-7-2-4-14(12-17)8-10-22-19(26)18-9-11-23-20(25-18)24-16-6-3-5-15(21)13-16/h2-7,9,11-13H,8,10H2,1H3,(H,22,26)(H,23,24,25). The molecule has 0 unspecified atom stereocenters. The van der Waals surface area contributed by atoms with Crippen LogP contribution in [0, 0.1) is 0 Å². The summed E-state index contributed by atoms with van der Waals surface area (Å²) in [5, 5.41) is 6.50. The van der Waals surface area contributed by atoms with E-state index in [0.29, 0.717) is 29.6 Å². The van der Waals surface area contributed by atoms with E-state index in [2.05, 4.69) is 20.6 Å². The van der Waals surface area contributed by atoms with E-state index in [0.717, 1.165) is 17.0 Å². The lowest BCUT2D eigenvalue weighted by Gasteiger charge is -2.08. The van der Waals surface area contributed by atoms with E-state index in [1.54, 1.807) is 25.3 Å². The molecule has 138 valence electrons. The Morgan fingerprint density at radius 3 is 2.81 bits per heavy atom. The van der Waals surface area contributed by atoms with Crippen molar-refractivity contribution in [3.05, 3.63) is 77.1 Å². The molecule has 0 aliphatic rings. The summed E-state index contributed by atoms with van der Waals surface area (Å²) in [4.78, 5) is 20.7. The Bertz CT molecular complexity index is 933. The van der Waals surface area contributed by atoms with Crippen molar-refractivity contribution in [1.29, 1.82) is 0 Å². The Morgan fingerprint density at radius 2 is 2.00 bits per heavy atom. The predicted molar refractivity (Wildman–Crippen MR) is 106 cm³/mol. The monoisotopic (exact) mass is 382 g/mol. The first-order valence-corrected chi connectivity index (χ1v) is 8.78. The Labute approximate surface area is 162 Å². The highest BCUT2D eigenvalue weighted by molar-refractivity contribution is 6.30. The van der Waals surface area contributed by atoms with Crippen molar-refractivity contribution in [2.45, 2.75) is 6.42 Å². The van der Waals surface area contributed by atoms with Gasteiger partial charge in [0.25, 0.3) is 5.91 Å². The Hall–Kier alpha value is -3.12. The number of ether oxygens (including phenoxy) is 1. The molecule has 1 aromatic heterocycles. The van der Waals surface area contributed by atoms with E-state index < -0.39 is 0 Å². The predicted octanol–water partition coefficient (Wildman–Crippen LogP) is 3.85. The summed E-state index contributed by atoms with van der Waals surface area (Å²) >= 11 is 5.97. The quantitative estimate of drug-likeness (QED) is 0.649. The van der Waals surface area contributed by atoms with Crippen LogP contribution in [0.4, 0.5) is 11.6 Å². The molecule has 1 heterocycles. The lowest BCUT2D eigenvalue weighted by atomic mass is 10.1. The highest BCUT2D eigenvalue weighted by Gasteiger charge is 2.09. The lowest BCUT2D eigenvalue weighted by molar-refractivity contribution is 0.0949. The van der Waals surface area contributed by atoms with Crippen molar-refractivity contribution in [2.24, 2.45) is 0 Å². The van der Waals surface area contributed by atoms with Gasteiger partial charge in [-0.15, -0.1) is 0 Å². The van der Waals surface area contributed by atoms with Gasteiger partial charge in [0.05, 0.1) is 7.11 Å². The van der Waals surface area contributed by atoms with Crippen LogP contribution in [-0.4, -0.2) is 29.5 Å². The van der Waals surface area contributed by atoms with Gasteiger partial charge >= 0.3 is 0 Å². The Kier molecular flexibility index (Phi) is 6.22. The van der Waals surface area contributed by atoms with Gasteiger partial charge in [0.1, 0.15) is 11.4 Å². The molecule has 27 heavy (non-hydrogen) atoms. The molecule has 1 amide bonds. The number of carbonyl (C=O) groups is 1. The van der Waals surface area contributed by atoms with E-state index in [1.165, 1.54) is 6.20 Å².